The maximum Gasteiger partial charge on any atom is 0.259 e. The lowest BCUT2D eigenvalue weighted by Crippen LogP contribution is -2.16. The zero-order valence-electron chi connectivity index (χ0n) is 17.7. The van der Waals surface area contributed by atoms with Crippen LogP contribution < -0.4 is 5.14 Å². The molecule has 0 radical (unpaired) electrons. The van der Waals surface area contributed by atoms with Crippen molar-refractivity contribution in [2.75, 3.05) is 0 Å². The highest BCUT2D eigenvalue weighted by atomic mass is 32.2. The molecule has 3 N–H and O–H groups in total. The van der Waals surface area contributed by atoms with E-state index in [4.69, 9.17) is 5.14 Å². The van der Waals surface area contributed by atoms with Crippen LogP contribution in [0.15, 0.2) is 32.8 Å². The van der Waals surface area contributed by atoms with E-state index in [2.05, 4.69) is 4.36 Å². The van der Waals surface area contributed by atoms with Crippen LogP contribution in [0, 0.1) is 5.82 Å². The molecule has 1 atom stereocenters. The van der Waals surface area contributed by atoms with E-state index in [-0.39, 0.29) is 28.3 Å². The molecular formula is C21H29FN2O3S2. The molecule has 29 heavy (non-hydrogen) atoms. The summed E-state index contributed by atoms with van der Waals surface area (Å²) in [5, 5.41) is 16.0. The minimum atomic E-state index is -3.43. The van der Waals surface area contributed by atoms with Gasteiger partial charge in [0.05, 0.1) is 12.0 Å². The van der Waals surface area contributed by atoms with Crippen molar-refractivity contribution in [2.24, 2.45) is 9.50 Å². The molecular weight excluding hydrogens is 411 g/mol. The first-order valence-electron chi connectivity index (χ1n) is 9.45. The van der Waals surface area contributed by atoms with E-state index < -0.39 is 21.4 Å². The van der Waals surface area contributed by atoms with Gasteiger partial charge in [-0.25, -0.2) is 13.7 Å². The number of rotatable bonds is 6. The molecule has 5 nitrogen and oxygen atoms in total. The lowest BCUT2D eigenvalue weighted by molar-refractivity contribution is -0.117. The van der Waals surface area contributed by atoms with E-state index in [9.17, 15) is 18.5 Å². The van der Waals surface area contributed by atoms with Gasteiger partial charge >= 0.3 is 0 Å². The van der Waals surface area contributed by atoms with Gasteiger partial charge in [0.1, 0.15) is 10.0 Å². The molecule has 0 aliphatic carbocycles. The lowest BCUT2D eigenvalue weighted by atomic mass is 9.87. The SMILES string of the molecule is CC(C)c1cc(F)cc(C(C)C)c1CC(=O)N=S(N)(=O)c1ccc(C(C)(C)O)s1. The number of thiophene rings is 1. The van der Waals surface area contributed by atoms with Gasteiger partial charge in [-0.15, -0.1) is 15.7 Å². The minimum absolute atomic E-state index is 0.0138. The number of hydrogen-bond donors (Lipinski definition) is 2. The maximum absolute atomic E-state index is 14.1. The van der Waals surface area contributed by atoms with Crippen LogP contribution in [0.4, 0.5) is 4.39 Å². The molecule has 1 aromatic heterocycles. The quantitative estimate of drug-likeness (QED) is 0.674. The van der Waals surface area contributed by atoms with Crippen molar-refractivity contribution in [3.05, 3.63) is 51.7 Å². The highest BCUT2D eigenvalue weighted by Gasteiger charge is 2.23. The molecule has 2 rings (SSSR count). The van der Waals surface area contributed by atoms with Crippen LogP contribution in [0.25, 0.3) is 0 Å². The fraction of sp³-hybridized carbons (Fsp3) is 0.476. The van der Waals surface area contributed by atoms with E-state index in [0.29, 0.717) is 10.4 Å². The molecule has 2 aromatic rings. The van der Waals surface area contributed by atoms with Crippen molar-refractivity contribution < 1.29 is 18.5 Å². The number of carbonyl (C=O) groups is 1. The van der Waals surface area contributed by atoms with Gasteiger partial charge in [-0.2, -0.15) is 0 Å². The molecule has 0 fully saturated rings. The van der Waals surface area contributed by atoms with Crippen molar-refractivity contribution in [3.8, 4) is 0 Å². The normalized spacial score (nSPS) is 14.3. The summed E-state index contributed by atoms with van der Waals surface area (Å²) in [6.07, 6.45) is -0.0980. The smallest absolute Gasteiger partial charge is 0.259 e. The Balaban J connectivity index is 2.44. The molecule has 0 bridgehead atoms. The third-order valence-electron chi connectivity index (χ3n) is 4.57. The second-order valence-corrected chi connectivity index (χ2v) is 11.4. The molecule has 1 heterocycles. The Labute approximate surface area is 176 Å². The summed E-state index contributed by atoms with van der Waals surface area (Å²) >= 11 is 1.07. The first kappa shape index (κ1) is 23.7. The second kappa shape index (κ2) is 8.63. The number of benzene rings is 1. The summed E-state index contributed by atoms with van der Waals surface area (Å²) in [6.45, 7) is 10.9. The first-order valence-corrected chi connectivity index (χ1v) is 11.8. The highest BCUT2D eigenvalue weighted by Crippen LogP contribution is 2.32. The van der Waals surface area contributed by atoms with Crippen molar-refractivity contribution in [1.82, 2.24) is 0 Å². The van der Waals surface area contributed by atoms with E-state index in [1.165, 1.54) is 18.2 Å². The summed E-state index contributed by atoms with van der Waals surface area (Å²) < 4.78 is 31.0. The Kier molecular flexibility index (Phi) is 7.05. The van der Waals surface area contributed by atoms with E-state index >= 15 is 0 Å². The number of hydrogen-bond acceptors (Lipinski definition) is 4. The number of halogens is 1. The maximum atomic E-state index is 14.1. The van der Waals surface area contributed by atoms with Gasteiger partial charge in [-0.05, 0) is 66.6 Å². The predicted octanol–water partition coefficient (Wildman–Crippen LogP) is 4.83. The molecule has 0 aliphatic rings. The average molecular weight is 441 g/mol. The molecule has 0 aliphatic heterocycles. The minimum Gasteiger partial charge on any atom is -0.385 e. The number of aliphatic hydroxyl groups is 1. The van der Waals surface area contributed by atoms with Crippen molar-refractivity contribution in [1.29, 1.82) is 0 Å². The summed E-state index contributed by atoms with van der Waals surface area (Å²) in [5.41, 5.74) is 1.08. The van der Waals surface area contributed by atoms with E-state index in [1.54, 1.807) is 19.9 Å². The van der Waals surface area contributed by atoms with Gasteiger partial charge in [0.25, 0.3) is 5.91 Å². The van der Waals surface area contributed by atoms with E-state index in [0.717, 1.165) is 22.5 Å². The summed E-state index contributed by atoms with van der Waals surface area (Å²) in [4.78, 5) is 13.3. The molecule has 0 saturated heterocycles. The van der Waals surface area contributed by atoms with Crippen LogP contribution in [0.5, 0.6) is 0 Å². The Bertz CT molecular complexity index is 998. The molecule has 1 amide bonds. The predicted molar refractivity (Wildman–Crippen MR) is 116 cm³/mol. The van der Waals surface area contributed by atoms with Crippen LogP contribution in [0.3, 0.4) is 0 Å². The zero-order chi connectivity index (χ0) is 22.1. The lowest BCUT2D eigenvalue weighted by Gasteiger charge is -2.19. The molecule has 160 valence electrons. The van der Waals surface area contributed by atoms with Gasteiger partial charge in [0.15, 0.2) is 9.92 Å². The zero-order valence-corrected chi connectivity index (χ0v) is 19.3. The van der Waals surface area contributed by atoms with Crippen molar-refractivity contribution >= 4 is 27.2 Å². The summed E-state index contributed by atoms with van der Waals surface area (Å²) in [7, 11) is -3.43. The van der Waals surface area contributed by atoms with Crippen LogP contribution >= 0.6 is 11.3 Å². The highest BCUT2D eigenvalue weighted by molar-refractivity contribution is 7.93. The topological polar surface area (TPSA) is 92.8 Å². The summed E-state index contributed by atoms with van der Waals surface area (Å²) in [5.74, 6) is -0.934. The monoisotopic (exact) mass is 440 g/mol. The summed E-state index contributed by atoms with van der Waals surface area (Å²) in [6, 6.07) is 6.02. The molecule has 0 spiro atoms. The first-order chi connectivity index (χ1) is 13.2. The van der Waals surface area contributed by atoms with Crippen molar-refractivity contribution in [3.63, 3.8) is 0 Å². The van der Waals surface area contributed by atoms with Gasteiger partial charge in [-0.3, -0.25) is 4.79 Å². The fourth-order valence-electron chi connectivity index (χ4n) is 3.10. The average Bonchev–Trinajstić information content (AvgIpc) is 3.06. The molecule has 1 aromatic carbocycles. The van der Waals surface area contributed by atoms with Gasteiger partial charge in [0.2, 0.25) is 0 Å². The second-order valence-electron chi connectivity index (χ2n) is 8.28. The Hall–Kier alpha value is -1.61. The molecule has 1 unspecified atom stereocenters. The Morgan fingerprint density at radius 2 is 1.72 bits per heavy atom. The Morgan fingerprint density at radius 3 is 2.14 bits per heavy atom. The number of nitrogens with two attached hydrogens (primary N) is 1. The van der Waals surface area contributed by atoms with Crippen LogP contribution in [0.1, 0.15) is 74.9 Å². The van der Waals surface area contributed by atoms with Gasteiger partial charge in [0, 0.05) is 4.88 Å². The molecule has 0 saturated carbocycles. The number of amides is 1. The number of carbonyl (C=O) groups excluding carboxylic acids is 1. The Morgan fingerprint density at radius 1 is 1.21 bits per heavy atom. The third-order valence-corrected chi connectivity index (χ3v) is 7.91. The van der Waals surface area contributed by atoms with Crippen LogP contribution in [-0.4, -0.2) is 15.2 Å². The van der Waals surface area contributed by atoms with Crippen molar-refractivity contribution in [2.45, 2.75) is 69.6 Å². The largest absolute Gasteiger partial charge is 0.385 e. The van der Waals surface area contributed by atoms with Crippen LogP contribution in [-0.2, 0) is 26.7 Å². The third kappa shape index (κ3) is 5.72. The fourth-order valence-corrected chi connectivity index (χ4v) is 5.42. The van der Waals surface area contributed by atoms with Crippen LogP contribution in [0.2, 0.25) is 0 Å². The van der Waals surface area contributed by atoms with E-state index in [1.807, 2.05) is 27.7 Å². The van der Waals surface area contributed by atoms with Gasteiger partial charge in [-0.1, -0.05) is 27.7 Å². The number of nitrogens with zero attached hydrogens (tertiary/aromatic N) is 1. The molecule has 8 heteroatoms. The van der Waals surface area contributed by atoms with Gasteiger partial charge < -0.3 is 5.11 Å². The standard InChI is InChI=1S/C21H29FN2O3S2/c1-12(2)15-9-14(22)10-16(13(3)4)17(15)11-19(25)24-29(23,27)20-8-7-18(28-20)21(5,6)26/h7-10,12-13,26H,11H2,1-6H3,(H2,23,24,25,27).